The van der Waals surface area contributed by atoms with Crippen LogP contribution in [0, 0.1) is 11.8 Å². The molecule has 1 aromatic carbocycles. The van der Waals surface area contributed by atoms with E-state index in [0.717, 1.165) is 38.8 Å². The first kappa shape index (κ1) is 14.9. The molecule has 0 N–H and O–H groups in total. The summed E-state index contributed by atoms with van der Waals surface area (Å²) in [6.07, 6.45) is 8.46. The Hall–Kier alpha value is -1.61. The molecule has 0 bridgehead atoms. The average molecular weight is 311 g/mol. The van der Waals surface area contributed by atoms with E-state index in [9.17, 15) is 4.79 Å². The summed E-state index contributed by atoms with van der Waals surface area (Å²) in [5.41, 5.74) is 0.793. The first-order valence-electron chi connectivity index (χ1n) is 8.87. The van der Waals surface area contributed by atoms with E-state index in [1.807, 2.05) is 18.2 Å². The third-order valence-electron chi connectivity index (χ3n) is 5.99. The van der Waals surface area contributed by atoms with Crippen LogP contribution in [0.25, 0.3) is 0 Å². The second-order valence-corrected chi connectivity index (χ2v) is 7.23. The lowest BCUT2D eigenvalue weighted by atomic mass is 9.73. The van der Waals surface area contributed by atoms with Crippen LogP contribution in [0.5, 0.6) is 0 Å². The number of carbonyl (C=O) groups excluding carboxylic acids is 1. The molecule has 2 aliphatic heterocycles. The SMILES string of the molecule is O=C(N1C[C@H]2CC=CC[C@@H]2C1)C1(c2ccccc2)CCOCC1. The summed E-state index contributed by atoms with van der Waals surface area (Å²) in [5.74, 6) is 1.66. The van der Waals surface area contributed by atoms with Gasteiger partial charge < -0.3 is 9.64 Å². The lowest BCUT2D eigenvalue weighted by molar-refractivity contribution is -0.140. The van der Waals surface area contributed by atoms with Crippen LogP contribution in [0.2, 0.25) is 0 Å². The highest BCUT2D eigenvalue weighted by Gasteiger charge is 2.47. The van der Waals surface area contributed by atoms with Crippen molar-refractivity contribution in [1.82, 2.24) is 4.90 Å². The first-order chi connectivity index (χ1) is 11.3. The van der Waals surface area contributed by atoms with Crippen LogP contribution in [0.1, 0.15) is 31.2 Å². The first-order valence-corrected chi connectivity index (χ1v) is 8.87. The van der Waals surface area contributed by atoms with Crippen LogP contribution < -0.4 is 0 Å². The normalized spacial score (nSPS) is 29.3. The molecule has 23 heavy (non-hydrogen) atoms. The quantitative estimate of drug-likeness (QED) is 0.785. The molecular weight excluding hydrogens is 286 g/mol. The van der Waals surface area contributed by atoms with Crippen molar-refractivity contribution < 1.29 is 9.53 Å². The van der Waals surface area contributed by atoms with Gasteiger partial charge in [-0.05, 0) is 43.1 Å². The van der Waals surface area contributed by atoms with Gasteiger partial charge in [-0.1, -0.05) is 42.5 Å². The van der Waals surface area contributed by atoms with E-state index in [2.05, 4.69) is 29.2 Å². The maximum absolute atomic E-state index is 13.5. The van der Waals surface area contributed by atoms with Crippen molar-refractivity contribution in [1.29, 1.82) is 0 Å². The number of benzene rings is 1. The third-order valence-corrected chi connectivity index (χ3v) is 5.99. The molecular formula is C20H25NO2. The summed E-state index contributed by atoms with van der Waals surface area (Å²) in [4.78, 5) is 15.7. The fourth-order valence-corrected chi connectivity index (χ4v) is 4.59. The lowest BCUT2D eigenvalue weighted by Gasteiger charge is -2.39. The Morgan fingerprint density at radius 3 is 2.22 bits per heavy atom. The third kappa shape index (κ3) is 2.61. The second-order valence-electron chi connectivity index (χ2n) is 7.23. The average Bonchev–Trinajstić information content (AvgIpc) is 3.06. The van der Waals surface area contributed by atoms with Crippen LogP contribution in [-0.2, 0) is 14.9 Å². The highest BCUT2D eigenvalue weighted by Crippen LogP contribution is 2.40. The number of likely N-dealkylation sites (tertiary alicyclic amines) is 1. The predicted molar refractivity (Wildman–Crippen MR) is 90.1 cm³/mol. The summed E-state index contributed by atoms with van der Waals surface area (Å²) in [6, 6.07) is 10.4. The zero-order valence-electron chi connectivity index (χ0n) is 13.6. The Morgan fingerprint density at radius 2 is 1.61 bits per heavy atom. The van der Waals surface area contributed by atoms with E-state index in [0.29, 0.717) is 31.0 Å². The molecule has 122 valence electrons. The Kier molecular flexibility index (Phi) is 3.98. The Morgan fingerprint density at radius 1 is 1.00 bits per heavy atom. The number of fused-ring (bicyclic) bond motifs is 1. The molecule has 0 radical (unpaired) electrons. The minimum atomic E-state index is -0.375. The molecule has 2 saturated heterocycles. The summed E-state index contributed by atoms with van der Waals surface area (Å²) in [7, 11) is 0. The van der Waals surface area contributed by atoms with E-state index in [1.165, 1.54) is 5.56 Å². The van der Waals surface area contributed by atoms with E-state index in [4.69, 9.17) is 4.74 Å². The van der Waals surface area contributed by atoms with Crippen molar-refractivity contribution >= 4 is 5.91 Å². The number of hydrogen-bond donors (Lipinski definition) is 0. The summed E-state index contributed by atoms with van der Waals surface area (Å²) in [5, 5.41) is 0. The number of hydrogen-bond acceptors (Lipinski definition) is 2. The maximum Gasteiger partial charge on any atom is 0.233 e. The van der Waals surface area contributed by atoms with Crippen LogP contribution in [0.15, 0.2) is 42.5 Å². The van der Waals surface area contributed by atoms with Crippen LogP contribution in [0.3, 0.4) is 0 Å². The molecule has 3 aliphatic rings. The van der Waals surface area contributed by atoms with Gasteiger partial charge in [0, 0.05) is 26.3 Å². The van der Waals surface area contributed by atoms with Gasteiger partial charge in [-0.3, -0.25) is 4.79 Å². The number of carbonyl (C=O) groups is 1. The fraction of sp³-hybridized carbons (Fsp3) is 0.550. The summed E-state index contributed by atoms with van der Waals surface area (Å²) < 4.78 is 5.57. The maximum atomic E-state index is 13.5. The van der Waals surface area contributed by atoms with Crippen molar-refractivity contribution in [2.75, 3.05) is 26.3 Å². The van der Waals surface area contributed by atoms with Gasteiger partial charge in [0.2, 0.25) is 5.91 Å². The molecule has 3 nitrogen and oxygen atoms in total. The van der Waals surface area contributed by atoms with E-state index >= 15 is 0 Å². The van der Waals surface area contributed by atoms with Crippen molar-refractivity contribution in [2.45, 2.75) is 31.1 Å². The van der Waals surface area contributed by atoms with Crippen molar-refractivity contribution in [3.05, 3.63) is 48.0 Å². The number of ether oxygens (including phenoxy) is 1. The summed E-state index contributed by atoms with van der Waals surface area (Å²) >= 11 is 0. The molecule has 1 aromatic rings. The highest BCUT2D eigenvalue weighted by molar-refractivity contribution is 5.88. The molecule has 1 aliphatic carbocycles. The van der Waals surface area contributed by atoms with Gasteiger partial charge in [-0.25, -0.2) is 0 Å². The number of allylic oxidation sites excluding steroid dienone is 2. The van der Waals surface area contributed by atoms with E-state index in [1.54, 1.807) is 0 Å². The van der Waals surface area contributed by atoms with E-state index in [-0.39, 0.29) is 5.41 Å². The second kappa shape index (κ2) is 6.12. The minimum absolute atomic E-state index is 0.335. The Labute approximate surface area is 138 Å². The van der Waals surface area contributed by atoms with Gasteiger partial charge in [-0.15, -0.1) is 0 Å². The highest BCUT2D eigenvalue weighted by atomic mass is 16.5. The van der Waals surface area contributed by atoms with Gasteiger partial charge in [0.25, 0.3) is 0 Å². The summed E-state index contributed by atoms with van der Waals surface area (Å²) in [6.45, 7) is 3.23. The van der Waals surface area contributed by atoms with Gasteiger partial charge in [0.15, 0.2) is 0 Å². The number of amides is 1. The topological polar surface area (TPSA) is 29.5 Å². The molecule has 2 heterocycles. The van der Waals surface area contributed by atoms with Gasteiger partial charge in [0.1, 0.15) is 0 Å². The molecule has 1 amide bonds. The minimum Gasteiger partial charge on any atom is -0.381 e. The molecule has 0 saturated carbocycles. The molecule has 2 fully saturated rings. The van der Waals surface area contributed by atoms with Gasteiger partial charge in [0.05, 0.1) is 5.41 Å². The lowest BCUT2D eigenvalue weighted by Crippen LogP contribution is -2.49. The van der Waals surface area contributed by atoms with Gasteiger partial charge >= 0.3 is 0 Å². The van der Waals surface area contributed by atoms with Crippen LogP contribution >= 0.6 is 0 Å². The smallest absolute Gasteiger partial charge is 0.233 e. The number of rotatable bonds is 2. The van der Waals surface area contributed by atoms with Gasteiger partial charge in [-0.2, -0.15) is 0 Å². The standard InChI is InChI=1S/C20H25NO2/c22-19(21-14-16-6-4-5-7-17(16)15-21)20(10-12-23-13-11-20)18-8-2-1-3-9-18/h1-5,8-9,16-17H,6-7,10-15H2/t16-,17-/m1/s1. The zero-order valence-corrected chi connectivity index (χ0v) is 13.6. The van der Waals surface area contributed by atoms with Crippen LogP contribution in [-0.4, -0.2) is 37.1 Å². The van der Waals surface area contributed by atoms with Crippen LogP contribution in [0.4, 0.5) is 0 Å². The monoisotopic (exact) mass is 311 g/mol. The molecule has 2 atom stereocenters. The fourth-order valence-electron chi connectivity index (χ4n) is 4.59. The van der Waals surface area contributed by atoms with E-state index < -0.39 is 0 Å². The molecule has 0 spiro atoms. The van der Waals surface area contributed by atoms with Crippen molar-refractivity contribution in [3.8, 4) is 0 Å². The predicted octanol–water partition coefficient (Wildman–Crippen LogP) is 3.16. The van der Waals surface area contributed by atoms with Crippen molar-refractivity contribution in [3.63, 3.8) is 0 Å². The Balaban J connectivity index is 1.61. The molecule has 0 unspecified atom stereocenters. The van der Waals surface area contributed by atoms with Crippen molar-refractivity contribution in [2.24, 2.45) is 11.8 Å². The molecule has 3 heteroatoms. The Bertz CT molecular complexity index is 573. The number of nitrogens with zero attached hydrogens (tertiary/aromatic N) is 1. The molecule has 0 aromatic heterocycles. The zero-order chi connectivity index (χ0) is 15.7. The largest absolute Gasteiger partial charge is 0.381 e. The molecule has 4 rings (SSSR count).